The maximum absolute atomic E-state index is 11.7. The van der Waals surface area contributed by atoms with Gasteiger partial charge in [-0.2, -0.15) is 0 Å². The van der Waals surface area contributed by atoms with Crippen molar-refractivity contribution in [2.75, 3.05) is 19.0 Å². The van der Waals surface area contributed by atoms with E-state index in [9.17, 15) is 4.79 Å². The molecular weight excluding hydrogens is 244 g/mol. The van der Waals surface area contributed by atoms with Crippen LogP contribution >= 0.6 is 0 Å². The summed E-state index contributed by atoms with van der Waals surface area (Å²) in [7, 11) is 1.37. The summed E-state index contributed by atoms with van der Waals surface area (Å²) < 4.78 is 6.66. The number of hydrogen-bond donors (Lipinski definition) is 1. The summed E-state index contributed by atoms with van der Waals surface area (Å²) in [6, 6.07) is 0.377. The lowest BCUT2D eigenvalue weighted by Gasteiger charge is -2.33. The van der Waals surface area contributed by atoms with Gasteiger partial charge in [0.05, 0.1) is 13.2 Å². The molecule has 19 heavy (non-hydrogen) atoms. The van der Waals surface area contributed by atoms with Crippen LogP contribution in [0.3, 0.4) is 0 Å². The largest absolute Gasteiger partial charge is 0.464 e. The van der Waals surface area contributed by atoms with Gasteiger partial charge in [0.2, 0.25) is 5.69 Å². The number of nitrogens with zero attached hydrogens (tertiary/aromatic N) is 3. The van der Waals surface area contributed by atoms with E-state index in [1.54, 1.807) is 0 Å². The van der Waals surface area contributed by atoms with Crippen LogP contribution in [0.4, 0.5) is 5.82 Å². The monoisotopic (exact) mass is 264 g/mol. The molecule has 104 valence electrons. The lowest BCUT2D eigenvalue weighted by Crippen LogP contribution is -2.30. The summed E-state index contributed by atoms with van der Waals surface area (Å²) in [5, 5.41) is 11.4. The van der Waals surface area contributed by atoms with Gasteiger partial charge >= 0.3 is 5.97 Å². The topological polar surface area (TPSA) is 69.0 Å². The van der Waals surface area contributed by atoms with Gasteiger partial charge in [-0.1, -0.05) is 24.5 Å². The Morgan fingerprint density at radius 2 is 2.11 bits per heavy atom. The van der Waals surface area contributed by atoms with Crippen molar-refractivity contribution in [3.05, 3.63) is 5.69 Å². The molecule has 1 N–H and O–H groups in total. The SMILES string of the molecule is COC(=O)c1nnn2c1NCCC2C1CCCCC1. The number of carbonyl (C=O) groups excluding carboxylic acids is 1. The molecule has 1 aromatic heterocycles. The standard InChI is InChI=1S/C13H20N4O2/c1-19-13(18)11-12-14-8-7-10(17(12)16-15-11)9-5-3-2-4-6-9/h9-10,14H,2-8H2,1H3. The van der Waals surface area contributed by atoms with E-state index in [-0.39, 0.29) is 0 Å². The van der Waals surface area contributed by atoms with Crippen LogP contribution in [-0.2, 0) is 4.74 Å². The molecule has 0 bridgehead atoms. The summed E-state index contributed by atoms with van der Waals surface area (Å²) >= 11 is 0. The van der Waals surface area contributed by atoms with Crippen LogP contribution < -0.4 is 5.32 Å². The molecule has 1 aliphatic heterocycles. The third-order valence-electron chi connectivity index (χ3n) is 4.31. The highest BCUT2D eigenvalue weighted by Gasteiger charge is 2.33. The summed E-state index contributed by atoms with van der Waals surface area (Å²) in [5.41, 5.74) is 0.308. The Morgan fingerprint density at radius 1 is 1.32 bits per heavy atom. The summed E-state index contributed by atoms with van der Waals surface area (Å²) in [6.07, 6.45) is 7.54. The van der Waals surface area contributed by atoms with Gasteiger partial charge in [-0.25, -0.2) is 9.48 Å². The van der Waals surface area contributed by atoms with Crippen molar-refractivity contribution in [1.29, 1.82) is 0 Å². The zero-order valence-corrected chi connectivity index (χ0v) is 11.3. The van der Waals surface area contributed by atoms with Crippen molar-refractivity contribution < 1.29 is 9.53 Å². The van der Waals surface area contributed by atoms with Gasteiger partial charge in [0.1, 0.15) is 0 Å². The van der Waals surface area contributed by atoms with Crippen LogP contribution in [0.1, 0.15) is 55.1 Å². The minimum atomic E-state index is -0.418. The highest BCUT2D eigenvalue weighted by molar-refractivity contribution is 5.92. The second-order valence-corrected chi connectivity index (χ2v) is 5.40. The predicted molar refractivity (Wildman–Crippen MR) is 70.1 cm³/mol. The Bertz CT molecular complexity index is 465. The molecule has 0 amide bonds. The minimum absolute atomic E-state index is 0.308. The van der Waals surface area contributed by atoms with E-state index in [0.29, 0.717) is 17.7 Å². The molecule has 0 radical (unpaired) electrons. The van der Waals surface area contributed by atoms with Crippen molar-refractivity contribution in [3.63, 3.8) is 0 Å². The first kappa shape index (κ1) is 12.4. The number of fused-ring (bicyclic) bond motifs is 1. The van der Waals surface area contributed by atoms with Crippen molar-refractivity contribution in [3.8, 4) is 0 Å². The average molecular weight is 264 g/mol. The van der Waals surface area contributed by atoms with Gasteiger partial charge in [0.25, 0.3) is 0 Å². The van der Waals surface area contributed by atoms with Crippen molar-refractivity contribution in [2.45, 2.75) is 44.6 Å². The molecule has 1 atom stereocenters. The molecule has 1 fully saturated rings. The van der Waals surface area contributed by atoms with Gasteiger partial charge in [0.15, 0.2) is 5.82 Å². The fourth-order valence-corrected chi connectivity index (χ4v) is 3.34. The zero-order chi connectivity index (χ0) is 13.2. The first-order chi connectivity index (χ1) is 9.31. The second kappa shape index (κ2) is 5.19. The van der Waals surface area contributed by atoms with Crippen LogP contribution in [0.25, 0.3) is 0 Å². The van der Waals surface area contributed by atoms with Gasteiger partial charge in [-0.05, 0) is 25.2 Å². The Morgan fingerprint density at radius 3 is 2.84 bits per heavy atom. The van der Waals surface area contributed by atoms with Crippen LogP contribution in [0, 0.1) is 5.92 Å². The molecule has 1 aliphatic carbocycles. The Balaban J connectivity index is 1.88. The van der Waals surface area contributed by atoms with E-state index in [2.05, 4.69) is 15.6 Å². The predicted octanol–water partition coefficient (Wildman–Crippen LogP) is 2.00. The van der Waals surface area contributed by atoms with E-state index < -0.39 is 5.97 Å². The van der Waals surface area contributed by atoms with Crippen LogP contribution in [0.15, 0.2) is 0 Å². The number of hydrogen-bond acceptors (Lipinski definition) is 5. The second-order valence-electron chi connectivity index (χ2n) is 5.40. The molecule has 0 spiro atoms. The van der Waals surface area contributed by atoms with E-state index in [1.165, 1.54) is 39.2 Å². The van der Waals surface area contributed by atoms with Crippen molar-refractivity contribution in [1.82, 2.24) is 15.0 Å². The molecule has 1 aromatic rings. The van der Waals surface area contributed by atoms with E-state index in [1.807, 2.05) is 4.68 Å². The maximum Gasteiger partial charge on any atom is 0.362 e. The first-order valence-electron chi connectivity index (χ1n) is 7.08. The van der Waals surface area contributed by atoms with E-state index in [0.717, 1.165) is 18.8 Å². The van der Waals surface area contributed by atoms with Crippen molar-refractivity contribution in [2.24, 2.45) is 5.92 Å². The lowest BCUT2D eigenvalue weighted by molar-refractivity contribution is 0.0595. The molecule has 1 unspecified atom stereocenters. The smallest absolute Gasteiger partial charge is 0.362 e. The molecule has 1 saturated carbocycles. The van der Waals surface area contributed by atoms with Gasteiger partial charge < -0.3 is 10.1 Å². The third-order valence-corrected chi connectivity index (χ3v) is 4.31. The number of methoxy groups -OCH3 is 1. The number of ether oxygens (including phenoxy) is 1. The molecule has 3 rings (SSSR count). The quantitative estimate of drug-likeness (QED) is 0.827. The third kappa shape index (κ3) is 2.19. The van der Waals surface area contributed by atoms with Crippen LogP contribution in [-0.4, -0.2) is 34.6 Å². The number of anilines is 1. The molecule has 6 heteroatoms. The number of rotatable bonds is 2. The number of aromatic nitrogens is 3. The lowest BCUT2D eigenvalue weighted by atomic mass is 9.82. The van der Waals surface area contributed by atoms with Crippen molar-refractivity contribution >= 4 is 11.8 Å². The average Bonchev–Trinajstić information content (AvgIpc) is 2.91. The normalized spacial score (nSPS) is 23.5. The fourth-order valence-electron chi connectivity index (χ4n) is 3.34. The van der Waals surface area contributed by atoms with Gasteiger partial charge in [-0.15, -0.1) is 5.10 Å². The van der Waals surface area contributed by atoms with Gasteiger partial charge in [-0.3, -0.25) is 0 Å². The maximum atomic E-state index is 11.7. The number of nitrogens with one attached hydrogen (secondary N) is 1. The fraction of sp³-hybridized carbons (Fsp3) is 0.769. The Labute approximate surface area is 112 Å². The number of carbonyl (C=O) groups is 1. The number of esters is 1. The Kier molecular flexibility index (Phi) is 3.40. The molecule has 2 aliphatic rings. The highest BCUT2D eigenvalue weighted by atomic mass is 16.5. The van der Waals surface area contributed by atoms with Gasteiger partial charge in [0, 0.05) is 6.54 Å². The molecule has 0 aromatic carbocycles. The zero-order valence-electron chi connectivity index (χ0n) is 11.3. The molecule has 6 nitrogen and oxygen atoms in total. The summed E-state index contributed by atoms with van der Waals surface area (Å²) in [4.78, 5) is 11.7. The summed E-state index contributed by atoms with van der Waals surface area (Å²) in [6.45, 7) is 0.874. The minimum Gasteiger partial charge on any atom is -0.464 e. The van der Waals surface area contributed by atoms with E-state index in [4.69, 9.17) is 4.74 Å². The summed E-state index contributed by atoms with van der Waals surface area (Å²) in [5.74, 6) is 0.980. The first-order valence-corrected chi connectivity index (χ1v) is 7.08. The highest BCUT2D eigenvalue weighted by Crippen LogP contribution is 2.38. The molecular formula is C13H20N4O2. The van der Waals surface area contributed by atoms with Crippen LogP contribution in [0.2, 0.25) is 0 Å². The molecule has 0 saturated heterocycles. The Hall–Kier alpha value is -1.59. The molecule has 2 heterocycles. The van der Waals surface area contributed by atoms with Crippen LogP contribution in [0.5, 0.6) is 0 Å². The van der Waals surface area contributed by atoms with E-state index >= 15 is 0 Å².